The van der Waals surface area contributed by atoms with E-state index in [1.54, 1.807) is 25.1 Å². The van der Waals surface area contributed by atoms with E-state index in [1.807, 2.05) is 0 Å². The van der Waals surface area contributed by atoms with Gasteiger partial charge in [-0.25, -0.2) is 13.2 Å². The van der Waals surface area contributed by atoms with E-state index in [2.05, 4.69) is 0 Å². The summed E-state index contributed by atoms with van der Waals surface area (Å²) in [6.07, 6.45) is 0. The Morgan fingerprint density at radius 3 is 2.26 bits per heavy atom. The van der Waals surface area contributed by atoms with E-state index in [0.29, 0.717) is 5.39 Å². The van der Waals surface area contributed by atoms with Crippen LogP contribution in [0.4, 0.5) is 0 Å². The second-order valence-electron chi connectivity index (χ2n) is 3.93. The van der Waals surface area contributed by atoms with Crippen molar-refractivity contribution in [2.45, 2.75) is 11.8 Å². The van der Waals surface area contributed by atoms with Gasteiger partial charge in [0.25, 0.3) is 0 Å². The summed E-state index contributed by atoms with van der Waals surface area (Å²) in [5.41, 5.74) is 0.189. The molecule has 0 aliphatic heterocycles. The lowest BCUT2D eigenvalue weighted by molar-refractivity contribution is 0.0697. The number of halogens is 1. The van der Waals surface area contributed by atoms with Crippen molar-refractivity contribution in [1.29, 1.82) is 0 Å². The van der Waals surface area contributed by atoms with E-state index in [1.165, 1.54) is 18.2 Å². The van der Waals surface area contributed by atoms with Crippen molar-refractivity contribution in [2.75, 3.05) is 5.75 Å². The summed E-state index contributed by atoms with van der Waals surface area (Å²) in [5.74, 6) is -0.951. The number of carboxylic acid groups (broad SMARTS) is 1. The Morgan fingerprint density at radius 1 is 1.11 bits per heavy atom. The van der Waals surface area contributed by atoms with Gasteiger partial charge in [-0.1, -0.05) is 19.1 Å². The van der Waals surface area contributed by atoms with Gasteiger partial charge in [0.15, 0.2) is 9.84 Å². The van der Waals surface area contributed by atoms with Crippen molar-refractivity contribution in [3.8, 4) is 0 Å². The summed E-state index contributed by atoms with van der Waals surface area (Å²) >= 11 is 0. The third-order valence-electron chi connectivity index (χ3n) is 2.80. The predicted octanol–water partition coefficient (Wildman–Crippen LogP) is 2.75. The van der Waals surface area contributed by atoms with Gasteiger partial charge in [0.2, 0.25) is 0 Å². The highest BCUT2D eigenvalue weighted by atomic mass is 35.5. The molecule has 0 spiro atoms. The van der Waals surface area contributed by atoms with Crippen molar-refractivity contribution in [3.63, 3.8) is 0 Å². The van der Waals surface area contributed by atoms with E-state index in [4.69, 9.17) is 5.11 Å². The lowest BCUT2D eigenvalue weighted by Gasteiger charge is -2.04. The molecule has 0 saturated carbocycles. The third kappa shape index (κ3) is 3.05. The van der Waals surface area contributed by atoms with Crippen LogP contribution in [0.5, 0.6) is 0 Å². The van der Waals surface area contributed by atoms with Gasteiger partial charge in [-0.15, -0.1) is 12.4 Å². The van der Waals surface area contributed by atoms with Crippen molar-refractivity contribution in [3.05, 3.63) is 42.0 Å². The van der Waals surface area contributed by atoms with Gasteiger partial charge in [0.05, 0.1) is 16.2 Å². The quantitative estimate of drug-likeness (QED) is 0.946. The monoisotopic (exact) mass is 300 g/mol. The average Bonchev–Trinajstić information content (AvgIpc) is 2.37. The molecule has 6 heteroatoms. The Hall–Kier alpha value is -1.59. The minimum absolute atomic E-state index is 0. The highest BCUT2D eigenvalue weighted by molar-refractivity contribution is 7.91. The zero-order valence-electron chi connectivity index (χ0n) is 10.2. The van der Waals surface area contributed by atoms with Crippen molar-refractivity contribution in [1.82, 2.24) is 0 Å². The largest absolute Gasteiger partial charge is 0.478 e. The molecule has 0 saturated heterocycles. The topological polar surface area (TPSA) is 71.4 Å². The number of fused-ring (bicyclic) bond motifs is 1. The molecule has 102 valence electrons. The van der Waals surface area contributed by atoms with Gasteiger partial charge in [-0.2, -0.15) is 0 Å². The molecule has 0 amide bonds. The highest BCUT2D eigenvalue weighted by Crippen LogP contribution is 2.21. The minimum atomic E-state index is -3.23. The molecule has 0 aliphatic rings. The highest BCUT2D eigenvalue weighted by Gasteiger charge is 2.12. The van der Waals surface area contributed by atoms with Crippen LogP contribution in [-0.4, -0.2) is 25.2 Å². The smallest absolute Gasteiger partial charge is 0.335 e. The summed E-state index contributed by atoms with van der Waals surface area (Å²) < 4.78 is 23.5. The Labute approximate surface area is 117 Å². The van der Waals surface area contributed by atoms with Crippen LogP contribution >= 0.6 is 12.4 Å². The normalized spacial score (nSPS) is 11.0. The fourth-order valence-electron chi connectivity index (χ4n) is 1.72. The molecule has 2 aromatic rings. The molecule has 4 nitrogen and oxygen atoms in total. The lowest BCUT2D eigenvalue weighted by Crippen LogP contribution is -2.03. The second kappa shape index (κ2) is 5.59. The fraction of sp³-hybridized carbons (Fsp3) is 0.154. The minimum Gasteiger partial charge on any atom is -0.478 e. The van der Waals surface area contributed by atoms with Crippen molar-refractivity contribution >= 4 is 39.0 Å². The number of benzene rings is 2. The summed E-state index contributed by atoms with van der Waals surface area (Å²) in [4.78, 5) is 11.1. The van der Waals surface area contributed by atoms with E-state index in [-0.39, 0.29) is 28.6 Å². The summed E-state index contributed by atoms with van der Waals surface area (Å²) in [6, 6.07) is 9.32. The number of aromatic carboxylic acids is 1. The zero-order valence-corrected chi connectivity index (χ0v) is 11.8. The number of carbonyl (C=O) groups is 1. The van der Waals surface area contributed by atoms with Crippen LogP contribution < -0.4 is 0 Å². The zero-order chi connectivity index (χ0) is 13.3. The molecular weight excluding hydrogens is 288 g/mol. The molecule has 0 radical (unpaired) electrons. The van der Waals surface area contributed by atoms with Crippen LogP contribution in [0.3, 0.4) is 0 Å². The third-order valence-corrected chi connectivity index (χ3v) is 4.53. The van der Waals surface area contributed by atoms with Crippen LogP contribution in [0.25, 0.3) is 10.8 Å². The molecule has 0 atom stereocenters. The molecule has 2 aromatic carbocycles. The predicted molar refractivity (Wildman–Crippen MR) is 75.9 cm³/mol. The van der Waals surface area contributed by atoms with Crippen molar-refractivity contribution in [2.24, 2.45) is 0 Å². The summed E-state index contributed by atoms with van der Waals surface area (Å²) in [5, 5.41) is 10.3. The number of carboxylic acids is 1. The first-order valence-electron chi connectivity index (χ1n) is 5.44. The van der Waals surface area contributed by atoms with Crippen LogP contribution in [0.15, 0.2) is 41.3 Å². The molecule has 2 rings (SSSR count). The van der Waals surface area contributed by atoms with Gasteiger partial charge < -0.3 is 5.11 Å². The second-order valence-corrected chi connectivity index (χ2v) is 6.21. The van der Waals surface area contributed by atoms with Gasteiger partial charge in [0.1, 0.15) is 0 Å². The maximum Gasteiger partial charge on any atom is 0.335 e. The molecular formula is C13H13ClO4S. The SMILES string of the molecule is CCS(=O)(=O)c1ccc2cc(C(=O)O)ccc2c1.Cl. The average molecular weight is 301 g/mol. The summed E-state index contributed by atoms with van der Waals surface area (Å²) in [6.45, 7) is 1.59. The molecule has 1 N–H and O–H groups in total. The standard InChI is InChI=1S/C13H12O4S.ClH/c1-2-18(16,17)12-6-5-9-7-11(13(14)15)4-3-10(9)8-12;/h3-8H,2H2,1H3,(H,14,15);1H. The maximum absolute atomic E-state index is 11.7. The first-order valence-corrected chi connectivity index (χ1v) is 7.09. The maximum atomic E-state index is 11.7. The molecule has 19 heavy (non-hydrogen) atoms. The van der Waals surface area contributed by atoms with E-state index < -0.39 is 15.8 Å². The number of hydrogen-bond acceptors (Lipinski definition) is 3. The van der Waals surface area contributed by atoms with Crippen LogP contribution in [0, 0.1) is 0 Å². The van der Waals surface area contributed by atoms with E-state index in [0.717, 1.165) is 5.39 Å². The van der Waals surface area contributed by atoms with Gasteiger partial charge in [-0.3, -0.25) is 0 Å². The molecule has 0 heterocycles. The van der Waals surface area contributed by atoms with Crippen LogP contribution in [-0.2, 0) is 9.84 Å². The Balaban J connectivity index is 0.00000180. The molecule has 0 fully saturated rings. The Bertz CT molecular complexity index is 723. The molecule has 0 bridgehead atoms. The molecule has 0 unspecified atom stereocenters. The molecule has 0 aliphatic carbocycles. The lowest BCUT2D eigenvalue weighted by atomic mass is 10.1. The Morgan fingerprint density at radius 2 is 1.68 bits per heavy atom. The van der Waals surface area contributed by atoms with Crippen LogP contribution in [0.1, 0.15) is 17.3 Å². The van der Waals surface area contributed by atoms with E-state index >= 15 is 0 Å². The first-order chi connectivity index (χ1) is 8.44. The first kappa shape index (κ1) is 15.5. The van der Waals surface area contributed by atoms with Gasteiger partial charge in [0, 0.05) is 0 Å². The van der Waals surface area contributed by atoms with Crippen LogP contribution in [0.2, 0.25) is 0 Å². The van der Waals surface area contributed by atoms with E-state index in [9.17, 15) is 13.2 Å². The number of sulfone groups is 1. The summed E-state index contributed by atoms with van der Waals surface area (Å²) in [7, 11) is -3.23. The fourth-order valence-corrected chi connectivity index (χ4v) is 2.63. The van der Waals surface area contributed by atoms with Gasteiger partial charge >= 0.3 is 5.97 Å². The van der Waals surface area contributed by atoms with Crippen molar-refractivity contribution < 1.29 is 18.3 Å². The van der Waals surface area contributed by atoms with Gasteiger partial charge in [-0.05, 0) is 35.0 Å². The number of rotatable bonds is 3. The Kier molecular flexibility index (Phi) is 4.55. The number of hydrogen-bond donors (Lipinski definition) is 1. The molecule has 0 aromatic heterocycles.